The molecule has 5 aromatic rings. The second-order valence-corrected chi connectivity index (χ2v) is 11.5. The molecule has 2 aromatic carbocycles. The number of rotatable bonds is 7. The highest BCUT2D eigenvalue weighted by Crippen LogP contribution is 2.31. The Balaban J connectivity index is 1.07. The Hall–Kier alpha value is -5.04. The number of fused-ring (bicyclic) bond motifs is 1. The van der Waals surface area contributed by atoms with Crippen molar-refractivity contribution in [2.24, 2.45) is 0 Å². The highest BCUT2D eigenvalue weighted by molar-refractivity contribution is 5.94. The zero-order chi connectivity index (χ0) is 30.9. The van der Waals surface area contributed by atoms with Crippen LogP contribution in [0.15, 0.2) is 65.2 Å². The van der Waals surface area contributed by atoms with E-state index < -0.39 is 0 Å². The smallest absolute Gasteiger partial charge is 0.272 e. The summed E-state index contributed by atoms with van der Waals surface area (Å²) in [5.41, 5.74) is 3.56. The van der Waals surface area contributed by atoms with E-state index in [4.69, 9.17) is 9.52 Å². The summed E-state index contributed by atoms with van der Waals surface area (Å²) in [6, 6.07) is 15.0. The van der Waals surface area contributed by atoms with Crippen LogP contribution in [0.1, 0.15) is 66.6 Å². The fraction of sp³-hybridized carbons (Fsp3) is 0.344. The number of hydrogen-bond donors (Lipinski definition) is 1. The van der Waals surface area contributed by atoms with Gasteiger partial charge in [-0.15, -0.1) is 10.2 Å². The van der Waals surface area contributed by atoms with Crippen molar-refractivity contribution in [3.8, 4) is 11.5 Å². The van der Waals surface area contributed by atoms with Crippen molar-refractivity contribution in [2.75, 3.05) is 31.5 Å². The molecule has 7 rings (SSSR count). The second kappa shape index (κ2) is 12.2. The number of pyridine rings is 1. The number of nitrogens with one attached hydrogen (secondary N) is 1. The van der Waals surface area contributed by atoms with E-state index in [0.717, 1.165) is 31.2 Å². The molecule has 0 bridgehead atoms. The Bertz CT molecular complexity index is 1840. The standard InChI is InChI=1S/C32H32FN9O3/c1-20(43)35-24-10-11-28-26(19-24)36-31(45-28)22-12-13-34-27(18-22)32(44)41-16-14-40(15-17-41)29(21-6-8-23(33)9-7-21)30-37-39-42(38-30)25-4-2-3-5-25/h6-13,18-19,25,29H,2-5,14-17H2,1H3,(H,35,43)/t29-/m0/s1. The molecule has 1 N–H and O–H groups in total. The van der Waals surface area contributed by atoms with Gasteiger partial charge < -0.3 is 14.6 Å². The minimum Gasteiger partial charge on any atom is -0.436 e. The summed E-state index contributed by atoms with van der Waals surface area (Å²) in [4.78, 5) is 39.6. The quantitative estimate of drug-likeness (QED) is 0.280. The summed E-state index contributed by atoms with van der Waals surface area (Å²) >= 11 is 0. The van der Waals surface area contributed by atoms with Gasteiger partial charge in [-0.3, -0.25) is 19.5 Å². The SMILES string of the molecule is CC(=O)Nc1ccc2oc(-c3ccnc(C(=O)N4CCN([C@@H](c5ccc(F)cc5)c5nnn(C6CCCC6)n5)CC4)c3)nc2c1. The minimum absolute atomic E-state index is 0.175. The molecular weight excluding hydrogens is 577 g/mol. The number of aromatic nitrogens is 6. The van der Waals surface area contributed by atoms with Gasteiger partial charge in [0.25, 0.3) is 5.91 Å². The first-order chi connectivity index (χ1) is 21.9. The van der Waals surface area contributed by atoms with Crippen LogP contribution >= 0.6 is 0 Å². The third-order valence-electron chi connectivity index (χ3n) is 8.43. The van der Waals surface area contributed by atoms with Gasteiger partial charge in [-0.05, 0) is 66.1 Å². The normalized spacial score (nSPS) is 16.7. The lowest BCUT2D eigenvalue weighted by atomic mass is 10.0. The Morgan fingerprint density at radius 3 is 2.53 bits per heavy atom. The van der Waals surface area contributed by atoms with Crippen LogP contribution in [0.25, 0.3) is 22.6 Å². The van der Waals surface area contributed by atoms with Crippen molar-refractivity contribution in [1.82, 2.24) is 40.0 Å². The van der Waals surface area contributed by atoms with Crippen LogP contribution in [0.3, 0.4) is 0 Å². The molecule has 0 unspecified atom stereocenters. The number of benzene rings is 2. The maximum Gasteiger partial charge on any atom is 0.272 e. The number of anilines is 1. The number of nitrogens with zero attached hydrogens (tertiary/aromatic N) is 8. The summed E-state index contributed by atoms with van der Waals surface area (Å²) in [6.07, 6.45) is 5.97. The molecule has 1 aliphatic carbocycles. The van der Waals surface area contributed by atoms with Gasteiger partial charge in [-0.1, -0.05) is 25.0 Å². The monoisotopic (exact) mass is 609 g/mol. The third-order valence-corrected chi connectivity index (χ3v) is 8.43. The molecule has 2 fully saturated rings. The van der Waals surface area contributed by atoms with Gasteiger partial charge in [-0.25, -0.2) is 9.37 Å². The van der Waals surface area contributed by atoms with Gasteiger partial charge in [0.05, 0.1) is 12.1 Å². The van der Waals surface area contributed by atoms with E-state index in [9.17, 15) is 14.0 Å². The van der Waals surface area contributed by atoms with Crippen molar-refractivity contribution in [3.63, 3.8) is 0 Å². The highest BCUT2D eigenvalue weighted by atomic mass is 19.1. The maximum absolute atomic E-state index is 13.8. The average molecular weight is 610 g/mol. The van der Waals surface area contributed by atoms with Crippen LogP contribution in [0.5, 0.6) is 0 Å². The third kappa shape index (κ3) is 6.03. The number of piperazine rings is 1. The summed E-state index contributed by atoms with van der Waals surface area (Å²) in [5.74, 6) is 0.254. The van der Waals surface area contributed by atoms with Crippen LogP contribution in [0.4, 0.5) is 10.1 Å². The van der Waals surface area contributed by atoms with Gasteiger partial charge in [-0.2, -0.15) is 4.80 Å². The molecule has 230 valence electrons. The molecule has 2 aliphatic rings. The zero-order valence-corrected chi connectivity index (χ0v) is 24.8. The number of carbonyl (C=O) groups excluding carboxylic acids is 2. The number of tetrazole rings is 1. The topological polar surface area (TPSA) is 135 Å². The number of oxazole rings is 1. The minimum atomic E-state index is -0.315. The van der Waals surface area contributed by atoms with Crippen LogP contribution in [0, 0.1) is 5.82 Å². The molecular formula is C32H32FN9O3. The first-order valence-electron chi connectivity index (χ1n) is 15.1. The molecule has 1 aliphatic heterocycles. The predicted octanol–water partition coefficient (Wildman–Crippen LogP) is 4.64. The summed E-state index contributed by atoms with van der Waals surface area (Å²) < 4.78 is 19.8. The molecule has 1 atom stereocenters. The van der Waals surface area contributed by atoms with E-state index in [-0.39, 0.29) is 29.7 Å². The fourth-order valence-electron chi connectivity index (χ4n) is 6.16. The summed E-state index contributed by atoms with van der Waals surface area (Å²) in [7, 11) is 0. The van der Waals surface area contributed by atoms with Crippen molar-refractivity contribution in [1.29, 1.82) is 0 Å². The molecule has 13 heteroatoms. The average Bonchev–Trinajstić information content (AvgIpc) is 3.83. The van der Waals surface area contributed by atoms with E-state index in [0.29, 0.717) is 65.9 Å². The predicted molar refractivity (Wildman–Crippen MR) is 163 cm³/mol. The molecule has 45 heavy (non-hydrogen) atoms. The molecule has 12 nitrogen and oxygen atoms in total. The molecule has 2 amide bonds. The van der Waals surface area contributed by atoms with Crippen LogP contribution in [-0.4, -0.2) is 78.0 Å². The summed E-state index contributed by atoms with van der Waals surface area (Å²) in [5, 5.41) is 16.3. The van der Waals surface area contributed by atoms with Crippen LogP contribution in [-0.2, 0) is 4.79 Å². The van der Waals surface area contributed by atoms with E-state index in [2.05, 4.69) is 30.5 Å². The van der Waals surface area contributed by atoms with E-state index in [1.165, 1.54) is 19.1 Å². The summed E-state index contributed by atoms with van der Waals surface area (Å²) in [6.45, 7) is 3.50. The van der Waals surface area contributed by atoms with Crippen molar-refractivity contribution in [2.45, 2.75) is 44.7 Å². The van der Waals surface area contributed by atoms with E-state index in [1.54, 1.807) is 58.4 Å². The molecule has 4 heterocycles. The van der Waals surface area contributed by atoms with Crippen molar-refractivity contribution < 1.29 is 18.4 Å². The van der Waals surface area contributed by atoms with Gasteiger partial charge in [0.15, 0.2) is 11.4 Å². The number of hydrogen-bond acceptors (Lipinski definition) is 9. The first-order valence-corrected chi connectivity index (χ1v) is 15.1. The lowest BCUT2D eigenvalue weighted by Gasteiger charge is -2.38. The Labute approximate surface area is 258 Å². The van der Waals surface area contributed by atoms with E-state index in [1.807, 2.05) is 0 Å². The number of amides is 2. The maximum atomic E-state index is 13.8. The van der Waals surface area contributed by atoms with Crippen molar-refractivity contribution >= 4 is 28.6 Å². The van der Waals surface area contributed by atoms with E-state index >= 15 is 0 Å². The molecule has 3 aromatic heterocycles. The Kier molecular flexibility index (Phi) is 7.76. The highest BCUT2D eigenvalue weighted by Gasteiger charge is 2.32. The Morgan fingerprint density at radius 1 is 1.00 bits per heavy atom. The van der Waals surface area contributed by atoms with Gasteiger partial charge in [0.2, 0.25) is 11.8 Å². The molecule has 0 spiro atoms. The van der Waals surface area contributed by atoms with Gasteiger partial charge in [0, 0.05) is 50.6 Å². The zero-order valence-electron chi connectivity index (χ0n) is 24.8. The molecule has 1 saturated carbocycles. The van der Waals surface area contributed by atoms with Crippen LogP contribution < -0.4 is 5.32 Å². The number of carbonyl (C=O) groups is 2. The molecule has 1 saturated heterocycles. The lowest BCUT2D eigenvalue weighted by molar-refractivity contribution is -0.114. The van der Waals surface area contributed by atoms with Gasteiger partial charge >= 0.3 is 0 Å². The van der Waals surface area contributed by atoms with Gasteiger partial charge in [0.1, 0.15) is 17.0 Å². The Morgan fingerprint density at radius 2 is 1.78 bits per heavy atom. The fourth-order valence-corrected chi connectivity index (χ4v) is 6.16. The van der Waals surface area contributed by atoms with Crippen LogP contribution in [0.2, 0.25) is 0 Å². The first kappa shape index (κ1) is 28.7. The lowest BCUT2D eigenvalue weighted by Crippen LogP contribution is -2.50. The number of halogens is 1. The van der Waals surface area contributed by atoms with Crippen molar-refractivity contribution in [3.05, 3.63) is 83.7 Å². The molecule has 0 radical (unpaired) electrons. The largest absolute Gasteiger partial charge is 0.436 e. The second-order valence-electron chi connectivity index (χ2n) is 11.5.